The number of nitrogens with zero attached hydrogens (tertiary/aromatic N) is 8. The molecule has 3 aliphatic rings. The van der Waals surface area contributed by atoms with Crippen LogP contribution >= 0.6 is 11.6 Å². The number of piperidine rings is 1. The van der Waals surface area contributed by atoms with Gasteiger partial charge in [0.2, 0.25) is 17.8 Å². The summed E-state index contributed by atoms with van der Waals surface area (Å²) in [7, 11) is 5.10. The number of benzene rings is 2. The number of para-hydroxylation sites is 1. The minimum atomic E-state index is -0.431. The van der Waals surface area contributed by atoms with Crippen LogP contribution in [0.4, 0.5) is 23.1 Å². The van der Waals surface area contributed by atoms with Gasteiger partial charge < -0.3 is 29.7 Å². The van der Waals surface area contributed by atoms with Crippen LogP contribution in [-0.2, 0) is 28.5 Å². The summed E-state index contributed by atoms with van der Waals surface area (Å²) in [6.07, 6.45) is 3.48. The summed E-state index contributed by atoms with van der Waals surface area (Å²) in [4.78, 5) is 65.4. The molecule has 6 heterocycles. The second-order valence-corrected chi connectivity index (χ2v) is 15.1. The van der Waals surface area contributed by atoms with Crippen molar-refractivity contribution in [1.29, 1.82) is 0 Å². The number of hydrogen-bond acceptors (Lipinski definition) is 12. The molecule has 16 nitrogen and oxygen atoms in total. The van der Waals surface area contributed by atoms with Gasteiger partial charge in [0.15, 0.2) is 18.2 Å². The van der Waals surface area contributed by atoms with Crippen LogP contribution < -0.4 is 36.0 Å². The highest BCUT2D eigenvalue weighted by molar-refractivity contribution is 6.33. The number of aromatic nitrogens is 5. The predicted molar refractivity (Wildman–Crippen MR) is 214 cm³/mol. The van der Waals surface area contributed by atoms with Gasteiger partial charge in [-0.1, -0.05) is 23.7 Å². The lowest BCUT2D eigenvalue weighted by Gasteiger charge is -2.36. The Kier molecular flexibility index (Phi) is 10.2. The van der Waals surface area contributed by atoms with Crippen LogP contribution in [0.5, 0.6) is 5.75 Å². The van der Waals surface area contributed by atoms with E-state index in [1.165, 1.54) is 11.6 Å². The third kappa shape index (κ3) is 7.33. The Morgan fingerprint density at radius 1 is 1.02 bits per heavy atom. The topological polar surface area (TPSA) is 172 Å². The van der Waals surface area contributed by atoms with Crippen molar-refractivity contribution >= 4 is 74.3 Å². The van der Waals surface area contributed by atoms with Crippen molar-refractivity contribution in [2.45, 2.75) is 25.2 Å². The van der Waals surface area contributed by atoms with E-state index in [0.717, 1.165) is 79.9 Å². The molecule has 0 spiro atoms. The molecule has 3 fully saturated rings. The van der Waals surface area contributed by atoms with E-state index < -0.39 is 5.92 Å². The number of rotatable bonds is 10. The van der Waals surface area contributed by atoms with E-state index in [-0.39, 0.29) is 35.6 Å². The van der Waals surface area contributed by atoms with E-state index >= 15 is 0 Å². The highest BCUT2D eigenvalue weighted by Crippen LogP contribution is 2.37. The number of imide groups is 1. The molecule has 0 radical (unpaired) electrons. The summed E-state index contributed by atoms with van der Waals surface area (Å²) in [5, 5.41) is 15.1. The minimum Gasteiger partial charge on any atom is -0.478 e. The quantitative estimate of drug-likeness (QED) is 0.177. The van der Waals surface area contributed by atoms with E-state index in [4.69, 9.17) is 26.4 Å². The van der Waals surface area contributed by atoms with E-state index in [9.17, 15) is 19.2 Å². The van der Waals surface area contributed by atoms with Crippen LogP contribution in [0.2, 0.25) is 5.02 Å². The molecule has 0 bridgehead atoms. The molecule has 3 saturated heterocycles. The first-order valence-corrected chi connectivity index (χ1v) is 19.2. The lowest BCUT2D eigenvalue weighted by atomic mass is 9.92. The number of aryl methyl sites for hydroxylation is 2. The highest BCUT2D eigenvalue weighted by atomic mass is 35.5. The molecular formula is C39H44ClN11O5. The molecule has 2 aromatic carbocycles. The molecule has 292 valence electrons. The van der Waals surface area contributed by atoms with Gasteiger partial charge in [0.1, 0.15) is 5.02 Å². The zero-order chi connectivity index (χ0) is 39.1. The number of halogens is 1. The number of nitrogens with one attached hydrogen (secondary N) is 3. The molecule has 56 heavy (non-hydrogen) atoms. The molecule has 17 heteroatoms. The Balaban J connectivity index is 0.890. The van der Waals surface area contributed by atoms with Crippen molar-refractivity contribution in [2.75, 3.05) is 74.6 Å². The van der Waals surface area contributed by atoms with Gasteiger partial charge in [0.05, 0.1) is 34.5 Å². The van der Waals surface area contributed by atoms with Crippen LogP contribution in [-0.4, -0.2) is 106 Å². The van der Waals surface area contributed by atoms with Crippen LogP contribution in [0.3, 0.4) is 0 Å². The molecular weight excluding hydrogens is 738 g/mol. The minimum absolute atomic E-state index is 0.0805. The normalized spacial score (nSPS) is 19.1. The number of amides is 3. The van der Waals surface area contributed by atoms with E-state index in [0.29, 0.717) is 46.8 Å². The highest BCUT2D eigenvalue weighted by Gasteiger charge is 2.33. The Hall–Kier alpha value is -5.74. The Morgan fingerprint density at radius 2 is 1.84 bits per heavy atom. The summed E-state index contributed by atoms with van der Waals surface area (Å²) in [6.45, 7) is 5.92. The predicted octanol–water partition coefficient (Wildman–Crippen LogP) is 2.91. The largest absolute Gasteiger partial charge is 0.478 e. The molecule has 3 N–H and O–H groups in total. The number of hydrogen-bond donors (Lipinski definition) is 3. The molecule has 3 aliphatic heterocycles. The number of anilines is 4. The van der Waals surface area contributed by atoms with Crippen molar-refractivity contribution in [1.82, 2.24) is 39.8 Å². The Bertz CT molecular complexity index is 2410. The maximum Gasteiger partial charge on any atom is 0.293 e. The van der Waals surface area contributed by atoms with Gasteiger partial charge in [-0.15, -0.1) is 0 Å². The molecule has 8 rings (SSSR count). The van der Waals surface area contributed by atoms with Crippen molar-refractivity contribution in [2.24, 2.45) is 20.0 Å². The van der Waals surface area contributed by atoms with Gasteiger partial charge in [-0.05, 0) is 49.1 Å². The summed E-state index contributed by atoms with van der Waals surface area (Å²) >= 11 is 6.57. The number of piperazine rings is 1. The summed E-state index contributed by atoms with van der Waals surface area (Å²) < 4.78 is 8.88. The number of carbonyl (C=O) groups excluding carboxylic acids is 3. The van der Waals surface area contributed by atoms with E-state index in [1.54, 1.807) is 19.3 Å². The summed E-state index contributed by atoms with van der Waals surface area (Å²) in [5.41, 5.74) is 3.96. The van der Waals surface area contributed by atoms with Crippen LogP contribution in [0.25, 0.3) is 21.8 Å². The standard InChI is InChI=1S/C39H44ClN11O5/c1-41-33(53)22-56-31-18-24-17-25(7-9-29(24)47(2)38(31)55)43-36-28(40)19-42-39(45-36)50-15-13-49(14-16-50)20-23-11-12-51(21-23)30-6-4-5-26-34(46-48(3)35(26)30)27-8-10-32(52)44-37(27)54/h4-7,9,17-19,23,27H,8,10-16,20-22H2,1-3H3,(H,41,53)(H,42,43,45)(H,44,52,54)/t23-,27?/m0/s1. The fraction of sp³-hybridized carbons (Fsp3) is 0.410. The molecule has 2 atom stereocenters. The average molecular weight is 782 g/mol. The third-order valence-corrected chi connectivity index (χ3v) is 11.3. The SMILES string of the molecule is CNC(=O)COc1cc2cc(Nc3nc(N4CCN(C[C@@H]5CCN(c6cccc7c(C8CCC(=O)NC8=O)nn(C)c67)C5)CC4)ncc3Cl)ccc2n(C)c1=O. The Morgan fingerprint density at radius 3 is 2.62 bits per heavy atom. The molecule has 5 aromatic rings. The van der Waals surface area contributed by atoms with Crippen molar-refractivity contribution in [3.05, 3.63) is 69.7 Å². The zero-order valence-electron chi connectivity index (χ0n) is 31.5. The average Bonchev–Trinajstić information content (AvgIpc) is 3.80. The maximum absolute atomic E-state index is 12.8. The lowest BCUT2D eigenvalue weighted by molar-refractivity contribution is -0.134. The molecule has 3 amide bonds. The van der Waals surface area contributed by atoms with Crippen molar-refractivity contribution in [3.8, 4) is 5.75 Å². The number of fused-ring (bicyclic) bond motifs is 2. The van der Waals surface area contributed by atoms with Crippen molar-refractivity contribution < 1.29 is 19.1 Å². The zero-order valence-corrected chi connectivity index (χ0v) is 32.3. The number of pyridine rings is 1. The fourth-order valence-electron chi connectivity index (χ4n) is 8.09. The van der Waals surface area contributed by atoms with Gasteiger partial charge in [0, 0.05) is 89.8 Å². The molecule has 0 saturated carbocycles. The van der Waals surface area contributed by atoms with Crippen molar-refractivity contribution in [3.63, 3.8) is 0 Å². The second-order valence-electron chi connectivity index (χ2n) is 14.7. The monoisotopic (exact) mass is 781 g/mol. The smallest absolute Gasteiger partial charge is 0.293 e. The van der Waals surface area contributed by atoms with Gasteiger partial charge in [-0.25, -0.2) is 4.98 Å². The first-order chi connectivity index (χ1) is 27.1. The number of likely N-dealkylation sites (N-methyl/N-ethyl adjacent to an activating group) is 1. The fourth-order valence-corrected chi connectivity index (χ4v) is 8.23. The van der Waals surface area contributed by atoms with Gasteiger partial charge in [0.25, 0.3) is 11.5 Å². The summed E-state index contributed by atoms with van der Waals surface area (Å²) in [6, 6.07) is 13.4. The van der Waals surface area contributed by atoms with E-state index in [2.05, 4.69) is 41.7 Å². The molecule has 0 aliphatic carbocycles. The lowest BCUT2D eigenvalue weighted by Crippen LogP contribution is -2.48. The molecule has 3 aromatic heterocycles. The van der Waals surface area contributed by atoms with Crippen LogP contribution in [0.15, 0.2) is 53.5 Å². The number of ether oxygens (including phenoxy) is 1. The maximum atomic E-state index is 12.8. The second kappa shape index (κ2) is 15.4. The van der Waals surface area contributed by atoms with Crippen LogP contribution in [0.1, 0.15) is 30.9 Å². The summed E-state index contributed by atoms with van der Waals surface area (Å²) in [5.74, 6) is 0.389. The van der Waals surface area contributed by atoms with Gasteiger partial charge in [-0.3, -0.25) is 34.1 Å². The first-order valence-electron chi connectivity index (χ1n) is 18.8. The van der Waals surface area contributed by atoms with Gasteiger partial charge >= 0.3 is 0 Å². The first kappa shape index (κ1) is 37.2. The number of carbonyl (C=O) groups is 3. The third-order valence-electron chi connectivity index (χ3n) is 11.1. The van der Waals surface area contributed by atoms with Crippen LogP contribution in [0, 0.1) is 5.92 Å². The van der Waals surface area contributed by atoms with E-state index in [1.807, 2.05) is 42.1 Å². The Labute approximate surface area is 327 Å². The van der Waals surface area contributed by atoms with Gasteiger partial charge in [-0.2, -0.15) is 10.1 Å². The molecule has 1 unspecified atom stereocenters.